The summed E-state index contributed by atoms with van der Waals surface area (Å²) < 4.78 is 36.1. The fourth-order valence-electron chi connectivity index (χ4n) is 1.96. The van der Waals surface area contributed by atoms with Crippen LogP contribution in [0.4, 0.5) is 0 Å². The number of phenolic OH excluding ortho intramolecular Hbond substituents is 1. The highest BCUT2D eigenvalue weighted by atomic mass is 32.2. The molecule has 1 aromatic heterocycles. The molecular formula is C16H24N2O4S. The highest BCUT2D eigenvalue weighted by molar-refractivity contribution is 7.85. The van der Waals surface area contributed by atoms with Crippen molar-refractivity contribution in [1.29, 1.82) is 0 Å². The first kappa shape index (κ1) is 19.2. The Morgan fingerprint density at radius 3 is 2.48 bits per heavy atom. The summed E-state index contributed by atoms with van der Waals surface area (Å²) in [4.78, 5) is -0.373. The molecule has 0 bridgehead atoms. The highest BCUT2D eigenvalue weighted by Crippen LogP contribution is 2.19. The molecule has 7 heteroatoms. The van der Waals surface area contributed by atoms with Gasteiger partial charge in [0.05, 0.1) is 18.0 Å². The SMILES string of the molecule is CCCC[n+]1ccn(CC)c1.Cc1ccc(O)cc1S(=O)(=O)[O-]. The predicted molar refractivity (Wildman–Crippen MR) is 86.0 cm³/mol. The lowest BCUT2D eigenvalue weighted by Gasteiger charge is -2.09. The molecular weight excluding hydrogens is 316 g/mol. The summed E-state index contributed by atoms with van der Waals surface area (Å²) in [6.07, 6.45) is 8.97. The summed E-state index contributed by atoms with van der Waals surface area (Å²) in [5.74, 6) is -0.227. The van der Waals surface area contributed by atoms with E-state index in [1.807, 2.05) is 0 Å². The van der Waals surface area contributed by atoms with Crippen molar-refractivity contribution < 1.29 is 22.6 Å². The van der Waals surface area contributed by atoms with Crippen molar-refractivity contribution >= 4 is 10.1 Å². The van der Waals surface area contributed by atoms with E-state index in [2.05, 4.69) is 41.7 Å². The third-order valence-electron chi connectivity index (χ3n) is 3.32. The Kier molecular flexibility index (Phi) is 7.25. The van der Waals surface area contributed by atoms with Crippen LogP contribution < -0.4 is 4.57 Å². The number of benzene rings is 1. The minimum atomic E-state index is -4.47. The van der Waals surface area contributed by atoms with Gasteiger partial charge in [0, 0.05) is 0 Å². The Morgan fingerprint density at radius 2 is 2.00 bits per heavy atom. The van der Waals surface area contributed by atoms with Gasteiger partial charge in [-0.3, -0.25) is 0 Å². The Labute approximate surface area is 137 Å². The smallest absolute Gasteiger partial charge is 0.243 e. The second-order valence-corrected chi connectivity index (χ2v) is 6.59. The van der Waals surface area contributed by atoms with Crippen molar-refractivity contribution in [2.24, 2.45) is 0 Å². The Bertz CT molecular complexity index is 723. The molecule has 6 nitrogen and oxygen atoms in total. The molecule has 0 aliphatic carbocycles. The summed E-state index contributed by atoms with van der Waals surface area (Å²) in [7, 11) is -4.47. The number of aromatic hydroxyl groups is 1. The number of aryl methyl sites for hydroxylation is 3. The maximum Gasteiger partial charge on any atom is 0.243 e. The van der Waals surface area contributed by atoms with Crippen molar-refractivity contribution in [2.75, 3.05) is 0 Å². The standard InChI is InChI=1S/C9H17N2.C7H8O4S/c1-3-5-6-11-8-7-10(4-2)9-11;1-5-2-3-6(8)4-7(5)12(9,10)11/h7-9H,3-6H2,1-2H3;2-4,8H,1H3,(H,9,10,11)/q+1;/p-1. The van der Waals surface area contributed by atoms with Crippen LogP contribution in [0.5, 0.6) is 5.75 Å². The van der Waals surface area contributed by atoms with Gasteiger partial charge >= 0.3 is 0 Å². The van der Waals surface area contributed by atoms with Crippen LogP contribution in [0.2, 0.25) is 0 Å². The predicted octanol–water partition coefficient (Wildman–Crippen LogP) is 2.20. The lowest BCUT2D eigenvalue weighted by Crippen LogP contribution is -2.30. The van der Waals surface area contributed by atoms with Gasteiger partial charge in [-0.25, -0.2) is 17.6 Å². The summed E-state index contributed by atoms with van der Waals surface area (Å²) in [6, 6.07) is 3.64. The maximum atomic E-state index is 10.5. The molecule has 0 radical (unpaired) electrons. The Morgan fingerprint density at radius 1 is 1.30 bits per heavy atom. The van der Waals surface area contributed by atoms with E-state index in [1.165, 1.54) is 31.9 Å². The first-order valence-corrected chi connectivity index (χ1v) is 8.99. The van der Waals surface area contributed by atoms with Gasteiger partial charge < -0.3 is 9.66 Å². The van der Waals surface area contributed by atoms with Gasteiger partial charge in [-0.05, 0) is 38.0 Å². The van der Waals surface area contributed by atoms with Crippen LogP contribution >= 0.6 is 0 Å². The average Bonchev–Trinajstić information content (AvgIpc) is 2.95. The zero-order chi connectivity index (χ0) is 17.5. The van der Waals surface area contributed by atoms with Gasteiger partial charge in [-0.15, -0.1) is 0 Å². The Balaban J connectivity index is 0.000000231. The number of nitrogens with zero attached hydrogens (tertiary/aromatic N) is 2. The topological polar surface area (TPSA) is 86.2 Å². The number of aromatic nitrogens is 2. The molecule has 0 spiro atoms. The van der Waals surface area contributed by atoms with Gasteiger partial charge in [-0.2, -0.15) is 0 Å². The average molecular weight is 340 g/mol. The van der Waals surface area contributed by atoms with E-state index in [4.69, 9.17) is 5.11 Å². The van der Waals surface area contributed by atoms with Gasteiger partial charge in [0.1, 0.15) is 28.3 Å². The molecule has 0 saturated heterocycles. The molecule has 23 heavy (non-hydrogen) atoms. The second-order valence-electron chi connectivity index (χ2n) is 5.24. The molecule has 0 aliphatic heterocycles. The van der Waals surface area contributed by atoms with E-state index < -0.39 is 10.1 Å². The minimum Gasteiger partial charge on any atom is -0.744 e. The van der Waals surface area contributed by atoms with Gasteiger partial charge in [0.25, 0.3) is 0 Å². The number of hydrogen-bond acceptors (Lipinski definition) is 4. The number of hydrogen-bond donors (Lipinski definition) is 1. The van der Waals surface area contributed by atoms with Gasteiger partial charge in [-0.1, -0.05) is 19.4 Å². The van der Waals surface area contributed by atoms with Crippen molar-refractivity contribution in [3.8, 4) is 5.75 Å². The van der Waals surface area contributed by atoms with E-state index in [0.717, 1.165) is 19.2 Å². The van der Waals surface area contributed by atoms with Crippen LogP contribution in [0, 0.1) is 6.92 Å². The zero-order valence-corrected chi connectivity index (χ0v) is 14.6. The minimum absolute atomic E-state index is 0.227. The lowest BCUT2D eigenvalue weighted by molar-refractivity contribution is -0.696. The van der Waals surface area contributed by atoms with Gasteiger partial charge in [0.2, 0.25) is 6.33 Å². The zero-order valence-electron chi connectivity index (χ0n) is 13.8. The third-order valence-corrected chi connectivity index (χ3v) is 4.30. The summed E-state index contributed by atoms with van der Waals surface area (Å²) in [5, 5.41) is 8.90. The first-order chi connectivity index (χ1) is 10.8. The largest absolute Gasteiger partial charge is 0.744 e. The summed E-state index contributed by atoms with van der Waals surface area (Å²) in [6.45, 7) is 8.09. The molecule has 2 aromatic rings. The number of rotatable bonds is 5. The van der Waals surface area contributed by atoms with Crippen LogP contribution in [0.1, 0.15) is 32.3 Å². The monoisotopic (exact) mass is 340 g/mol. The van der Waals surface area contributed by atoms with E-state index in [0.29, 0.717) is 5.56 Å². The lowest BCUT2D eigenvalue weighted by atomic mass is 10.2. The van der Waals surface area contributed by atoms with Gasteiger partial charge in [0.15, 0.2) is 0 Å². The van der Waals surface area contributed by atoms with E-state index in [1.54, 1.807) is 0 Å². The van der Waals surface area contributed by atoms with Crippen LogP contribution in [-0.2, 0) is 23.2 Å². The molecule has 1 aromatic carbocycles. The van der Waals surface area contributed by atoms with Crippen LogP contribution in [-0.4, -0.2) is 22.6 Å². The number of phenols is 1. The molecule has 0 atom stereocenters. The summed E-state index contributed by atoms with van der Waals surface area (Å²) >= 11 is 0. The van der Waals surface area contributed by atoms with E-state index in [9.17, 15) is 13.0 Å². The molecule has 0 unspecified atom stereocenters. The molecule has 0 fully saturated rings. The number of unbranched alkanes of at least 4 members (excludes halogenated alkanes) is 1. The molecule has 0 aliphatic rings. The van der Waals surface area contributed by atoms with E-state index in [-0.39, 0.29) is 10.6 Å². The van der Waals surface area contributed by atoms with E-state index >= 15 is 0 Å². The fraction of sp³-hybridized carbons (Fsp3) is 0.438. The second kappa shape index (κ2) is 8.69. The highest BCUT2D eigenvalue weighted by Gasteiger charge is 2.05. The fourth-order valence-corrected chi connectivity index (χ4v) is 2.68. The molecule has 0 saturated carbocycles. The van der Waals surface area contributed by atoms with Crippen LogP contribution in [0.25, 0.3) is 0 Å². The summed E-state index contributed by atoms with van der Waals surface area (Å²) in [5.41, 5.74) is 0.336. The number of imidazole rings is 1. The molecule has 128 valence electrons. The molecule has 2 rings (SSSR count). The van der Waals surface area contributed by atoms with Crippen molar-refractivity contribution in [3.63, 3.8) is 0 Å². The van der Waals surface area contributed by atoms with Crippen LogP contribution in [0.15, 0.2) is 41.8 Å². The maximum absolute atomic E-state index is 10.5. The molecule has 1 heterocycles. The van der Waals surface area contributed by atoms with Crippen molar-refractivity contribution in [1.82, 2.24) is 4.57 Å². The Hall–Kier alpha value is -1.86. The van der Waals surface area contributed by atoms with Crippen molar-refractivity contribution in [2.45, 2.75) is 51.6 Å². The quantitative estimate of drug-likeness (QED) is 0.668. The molecule has 0 amide bonds. The molecule has 1 N–H and O–H groups in total. The first-order valence-electron chi connectivity index (χ1n) is 7.58. The van der Waals surface area contributed by atoms with Crippen LogP contribution in [0.3, 0.4) is 0 Å². The normalized spacial score (nSPS) is 11.0. The van der Waals surface area contributed by atoms with Crippen molar-refractivity contribution in [3.05, 3.63) is 42.5 Å². The third kappa shape index (κ3) is 6.42.